The molecule has 0 saturated heterocycles. The first kappa shape index (κ1) is 35.1. The zero-order valence-corrected chi connectivity index (χ0v) is 30.6. The molecule has 56 heavy (non-hydrogen) atoms. The number of benzene rings is 8. The van der Waals surface area contributed by atoms with Gasteiger partial charge >= 0.3 is 0 Å². The third kappa shape index (κ3) is 7.59. The van der Waals surface area contributed by atoms with E-state index in [-0.39, 0.29) is 0 Å². The zero-order valence-electron chi connectivity index (χ0n) is 30.6. The van der Waals surface area contributed by atoms with Crippen LogP contribution >= 0.6 is 0 Å². The normalized spacial score (nSPS) is 11.0. The van der Waals surface area contributed by atoms with Crippen molar-refractivity contribution < 1.29 is 0 Å². The fraction of sp³-hybridized carbons (Fsp3) is 0. The number of hydrogen-bond acceptors (Lipinski definition) is 3. The molecule has 0 heterocycles. The molecular formula is C52H36N4. The van der Waals surface area contributed by atoms with Gasteiger partial charge in [0.2, 0.25) is 5.69 Å². The van der Waals surface area contributed by atoms with Gasteiger partial charge in [0.05, 0.1) is 18.2 Å². The first-order valence-corrected chi connectivity index (χ1v) is 18.4. The number of nitriles is 1. The van der Waals surface area contributed by atoms with Crippen LogP contribution < -0.4 is 9.80 Å². The van der Waals surface area contributed by atoms with Gasteiger partial charge in [-0.05, 0) is 118 Å². The topological polar surface area (TPSA) is 34.6 Å². The molecule has 0 atom stereocenters. The van der Waals surface area contributed by atoms with Crippen molar-refractivity contribution in [3.63, 3.8) is 0 Å². The molecule has 0 bridgehead atoms. The maximum absolute atomic E-state index is 10.2. The van der Waals surface area contributed by atoms with E-state index in [0.717, 1.165) is 61.6 Å². The first-order valence-electron chi connectivity index (χ1n) is 18.4. The van der Waals surface area contributed by atoms with Crippen LogP contribution in [0.2, 0.25) is 0 Å². The van der Waals surface area contributed by atoms with Gasteiger partial charge in [-0.25, -0.2) is 4.85 Å². The Morgan fingerprint density at radius 2 is 0.786 bits per heavy atom. The second-order valence-electron chi connectivity index (χ2n) is 13.3. The predicted molar refractivity (Wildman–Crippen MR) is 235 cm³/mol. The van der Waals surface area contributed by atoms with Crippen molar-refractivity contribution in [2.24, 2.45) is 0 Å². The lowest BCUT2D eigenvalue weighted by atomic mass is 9.96. The summed E-state index contributed by atoms with van der Waals surface area (Å²) in [6.45, 7) is 8.11. The summed E-state index contributed by atoms with van der Waals surface area (Å²) < 4.78 is 0. The summed E-state index contributed by atoms with van der Waals surface area (Å²) in [4.78, 5) is 8.40. The van der Waals surface area contributed by atoms with E-state index < -0.39 is 0 Å². The molecular weight excluding hydrogens is 681 g/mol. The van der Waals surface area contributed by atoms with E-state index in [0.29, 0.717) is 16.8 Å². The standard InChI is InChI=1S/C52H36N4/c1-54-52-42(30-24-40-27-33-49(34-28-40)56(46-18-10-4-11-19-46)47-20-12-5-13-21-47)37-43(38-53)51-36-41(29-35-50(51)52)23-22-39-25-31-48(32-26-39)55(44-14-6-2-7-15-44)45-16-8-3-9-17-45/h2-37H. The lowest BCUT2D eigenvalue weighted by molar-refractivity contribution is 1.28. The number of para-hydroxylation sites is 4. The van der Waals surface area contributed by atoms with Crippen LogP contribution in [0, 0.1) is 17.9 Å². The molecule has 0 aliphatic carbocycles. The lowest BCUT2D eigenvalue weighted by Gasteiger charge is -2.25. The molecule has 0 aliphatic heterocycles. The van der Waals surface area contributed by atoms with E-state index >= 15 is 0 Å². The number of anilines is 6. The van der Waals surface area contributed by atoms with Gasteiger partial charge in [0.15, 0.2) is 0 Å². The van der Waals surface area contributed by atoms with Gasteiger partial charge in [-0.3, -0.25) is 0 Å². The summed E-state index contributed by atoms with van der Waals surface area (Å²) >= 11 is 0. The summed E-state index contributed by atoms with van der Waals surface area (Å²) in [6.07, 6.45) is 8.05. The highest BCUT2D eigenvalue weighted by atomic mass is 15.1. The second kappa shape index (κ2) is 16.4. The maximum Gasteiger partial charge on any atom is 0.202 e. The summed E-state index contributed by atoms with van der Waals surface area (Å²) in [7, 11) is 0. The molecule has 8 aromatic carbocycles. The number of hydrogen-bond donors (Lipinski definition) is 0. The molecule has 8 aromatic rings. The zero-order chi connectivity index (χ0) is 38.1. The van der Waals surface area contributed by atoms with Crippen LogP contribution in [0.5, 0.6) is 0 Å². The summed E-state index contributed by atoms with van der Waals surface area (Å²) in [6, 6.07) is 68.3. The van der Waals surface area contributed by atoms with Crippen LogP contribution in [0.25, 0.3) is 39.9 Å². The molecule has 0 aliphatic rings. The second-order valence-corrected chi connectivity index (χ2v) is 13.3. The number of fused-ring (bicyclic) bond motifs is 1. The van der Waals surface area contributed by atoms with E-state index in [1.165, 1.54) is 0 Å². The number of rotatable bonds is 10. The van der Waals surface area contributed by atoms with Crippen molar-refractivity contribution in [3.05, 3.63) is 233 Å². The highest BCUT2D eigenvalue weighted by Gasteiger charge is 2.14. The average Bonchev–Trinajstić information content (AvgIpc) is 3.27. The van der Waals surface area contributed by atoms with Crippen molar-refractivity contribution in [2.75, 3.05) is 9.80 Å². The Morgan fingerprint density at radius 3 is 1.20 bits per heavy atom. The molecule has 0 amide bonds. The Bertz CT molecular complexity index is 2650. The molecule has 4 nitrogen and oxygen atoms in total. The Morgan fingerprint density at radius 1 is 0.411 bits per heavy atom. The van der Waals surface area contributed by atoms with Crippen LogP contribution in [-0.2, 0) is 0 Å². The molecule has 0 saturated carbocycles. The fourth-order valence-corrected chi connectivity index (χ4v) is 6.95. The van der Waals surface area contributed by atoms with Crippen molar-refractivity contribution in [1.82, 2.24) is 0 Å². The highest BCUT2D eigenvalue weighted by molar-refractivity contribution is 6.03. The van der Waals surface area contributed by atoms with Crippen molar-refractivity contribution in [2.45, 2.75) is 0 Å². The highest BCUT2D eigenvalue weighted by Crippen LogP contribution is 2.38. The summed E-state index contributed by atoms with van der Waals surface area (Å²) in [5.41, 5.74) is 11.2. The molecule has 0 N–H and O–H groups in total. The monoisotopic (exact) mass is 716 g/mol. The average molecular weight is 717 g/mol. The van der Waals surface area contributed by atoms with E-state index in [1.54, 1.807) is 0 Å². The maximum atomic E-state index is 10.2. The smallest absolute Gasteiger partial charge is 0.202 e. The molecule has 0 aromatic heterocycles. The van der Waals surface area contributed by atoms with Gasteiger partial charge in [0, 0.05) is 34.1 Å². The minimum atomic E-state index is 0.527. The Labute approximate surface area is 328 Å². The fourth-order valence-electron chi connectivity index (χ4n) is 6.95. The quantitative estimate of drug-likeness (QED) is 0.104. The minimum Gasteiger partial charge on any atom is -0.311 e. The molecule has 0 radical (unpaired) electrons. The van der Waals surface area contributed by atoms with E-state index in [2.05, 4.69) is 148 Å². The van der Waals surface area contributed by atoms with Crippen LogP contribution in [0.1, 0.15) is 27.8 Å². The van der Waals surface area contributed by atoms with E-state index in [4.69, 9.17) is 6.57 Å². The van der Waals surface area contributed by atoms with Gasteiger partial charge in [0.1, 0.15) is 0 Å². The van der Waals surface area contributed by atoms with Gasteiger partial charge in [-0.2, -0.15) is 5.26 Å². The van der Waals surface area contributed by atoms with Gasteiger partial charge in [0.25, 0.3) is 0 Å². The molecule has 8 rings (SSSR count). The Hall–Kier alpha value is -7.92. The van der Waals surface area contributed by atoms with Crippen LogP contribution in [0.15, 0.2) is 194 Å². The third-order valence-electron chi connectivity index (χ3n) is 9.68. The van der Waals surface area contributed by atoms with E-state index in [1.807, 2.05) is 91.0 Å². The van der Waals surface area contributed by atoms with Gasteiger partial charge in [-0.15, -0.1) is 0 Å². The van der Waals surface area contributed by atoms with Crippen LogP contribution in [0.3, 0.4) is 0 Å². The van der Waals surface area contributed by atoms with Crippen LogP contribution in [-0.4, -0.2) is 0 Å². The Kier molecular flexibility index (Phi) is 10.3. The lowest BCUT2D eigenvalue weighted by Crippen LogP contribution is -2.09. The van der Waals surface area contributed by atoms with Gasteiger partial charge < -0.3 is 9.80 Å². The largest absolute Gasteiger partial charge is 0.311 e. The van der Waals surface area contributed by atoms with E-state index in [9.17, 15) is 5.26 Å². The van der Waals surface area contributed by atoms with Crippen LogP contribution in [0.4, 0.5) is 39.8 Å². The SMILES string of the molecule is [C-]#[N+]c1c(C=Cc2ccc(N(c3ccccc3)c3ccccc3)cc2)cc(C#N)c2cc(C=Cc3ccc(N(c4ccccc4)c4ccccc4)cc3)ccc12. The third-order valence-corrected chi connectivity index (χ3v) is 9.68. The van der Waals surface area contributed by atoms with Crippen molar-refractivity contribution in [1.29, 1.82) is 5.26 Å². The molecule has 0 fully saturated rings. The number of nitrogens with zero attached hydrogens (tertiary/aromatic N) is 4. The van der Waals surface area contributed by atoms with Gasteiger partial charge in [-0.1, -0.05) is 133 Å². The van der Waals surface area contributed by atoms with Crippen molar-refractivity contribution >= 4 is 74.9 Å². The summed E-state index contributed by atoms with van der Waals surface area (Å²) in [5, 5.41) is 11.8. The first-order chi connectivity index (χ1) is 27.7. The Balaban J connectivity index is 1.03. The minimum absolute atomic E-state index is 0.527. The molecule has 0 unspecified atom stereocenters. The molecule has 0 spiro atoms. The molecule has 4 heteroatoms. The molecule has 264 valence electrons. The summed E-state index contributed by atoms with van der Waals surface area (Å²) in [5.74, 6) is 0. The predicted octanol–water partition coefficient (Wildman–Crippen LogP) is 14.5. The van der Waals surface area contributed by atoms with Crippen molar-refractivity contribution in [3.8, 4) is 6.07 Å².